The van der Waals surface area contributed by atoms with Crippen molar-refractivity contribution in [2.75, 3.05) is 12.4 Å². The fraction of sp³-hybridized carbons (Fsp3) is 0.100. The van der Waals surface area contributed by atoms with Gasteiger partial charge in [0.15, 0.2) is 0 Å². The number of hydrogen-bond acceptors (Lipinski definition) is 2. The Morgan fingerprint density at radius 2 is 2.23 bits per heavy atom. The Kier molecular flexibility index (Phi) is 2.56. The van der Waals surface area contributed by atoms with E-state index in [1.165, 1.54) is 12.1 Å². The second kappa shape index (κ2) is 3.63. The minimum atomic E-state index is -0.978. The van der Waals surface area contributed by atoms with Gasteiger partial charge in [-0.15, -0.1) is 6.42 Å². The highest BCUT2D eigenvalue weighted by atomic mass is 16.4. The molecule has 2 N–H and O–H groups in total. The van der Waals surface area contributed by atoms with Gasteiger partial charge < -0.3 is 10.4 Å². The molecule has 3 heteroatoms. The highest BCUT2D eigenvalue weighted by molar-refractivity contribution is 5.89. The van der Waals surface area contributed by atoms with E-state index >= 15 is 0 Å². The van der Waals surface area contributed by atoms with Crippen molar-refractivity contribution in [3.05, 3.63) is 29.3 Å². The van der Waals surface area contributed by atoms with Crippen molar-refractivity contribution in [2.24, 2.45) is 0 Å². The van der Waals surface area contributed by atoms with E-state index in [1.54, 1.807) is 13.1 Å². The number of carboxylic acid groups (broad SMARTS) is 1. The van der Waals surface area contributed by atoms with Crippen LogP contribution >= 0.6 is 0 Å². The quantitative estimate of drug-likeness (QED) is 0.668. The number of carbonyl (C=O) groups is 1. The summed E-state index contributed by atoms with van der Waals surface area (Å²) in [5.41, 5.74) is 1.46. The molecule has 0 atom stereocenters. The summed E-state index contributed by atoms with van der Waals surface area (Å²) in [5, 5.41) is 11.6. The number of rotatable bonds is 2. The minimum Gasteiger partial charge on any atom is -0.478 e. The maximum Gasteiger partial charge on any atom is 0.335 e. The number of terminal acetylenes is 1. The topological polar surface area (TPSA) is 49.3 Å². The van der Waals surface area contributed by atoms with Crippen LogP contribution in [0, 0.1) is 12.3 Å². The van der Waals surface area contributed by atoms with E-state index < -0.39 is 5.97 Å². The van der Waals surface area contributed by atoms with Crippen molar-refractivity contribution in [3.63, 3.8) is 0 Å². The van der Waals surface area contributed by atoms with Crippen molar-refractivity contribution in [3.8, 4) is 12.3 Å². The highest BCUT2D eigenvalue weighted by Crippen LogP contribution is 2.13. The molecule has 66 valence electrons. The van der Waals surface area contributed by atoms with Gasteiger partial charge in [0.05, 0.1) is 5.56 Å². The Labute approximate surface area is 76.4 Å². The normalized spacial score (nSPS) is 8.92. The smallest absolute Gasteiger partial charge is 0.335 e. The molecular weight excluding hydrogens is 166 g/mol. The summed E-state index contributed by atoms with van der Waals surface area (Å²) >= 11 is 0. The second-order valence-electron chi connectivity index (χ2n) is 2.50. The van der Waals surface area contributed by atoms with E-state index in [1.807, 2.05) is 0 Å². The van der Waals surface area contributed by atoms with Crippen LogP contribution in [0.15, 0.2) is 18.2 Å². The van der Waals surface area contributed by atoms with Crippen molar-refractivity contribution in [2.45, 2.75) is 0 Å². The number of carboxylic acids is 1. The SMILES string of the molecule is C#Cc1cc(NC)cc(C(=O)O)c1. The van der Waals surface area contributed by atoms with Crippen molar-refractivity contribution in [1.29, 1.82) is 0 Å². The molecule has 13 heavy (non-hydrogen) atoms. The van der Waals surface area contributed by atoms with Crippen LogP contribution in [-0.2, 0) is 0 Å². The van der Waals surface area contributed by atoms with E-state index in [0.29, 0.717) is 11.3 Å². The van der Waals surface area contributed by atoms with Crippen LogP contribution in [0.1, 0.15) is 15.9 Å². The predicted molar refractivity (Wildman–Crippen MR) is 50.9 cm³/mol. The summed E-state index contributed by atoms with van der Waals surface area (Å²) in [7, 11) is 1.71. The molecule has 0 saturated heterocycles. The third kappa shape index (κ3) is 2.00. The van der Waals surface area contributed by atoms with E-state index in [-0.39, 0.29) is 5.56 Å². The molecule has 0 aliphatic heterocycles. The summed E-state index contributed by atoms with van der Waals surface area (Å²) in [6.07, 6.45) is 5.17. The summed E-state index contributed by atoms with van der Waals surface area (Å²) in [4.78, 5) is 10.6. The summed E-state index contributed by atoms with van der Waals surface area (Å²) in [6, 6.07) is 4.71. The highest BCUT2D eigenvalue weighted by Gasteiger charge is 2.04. The lowest BCUT2D eigenvalue weighted by atomic mass is 10.1. The Bertz CT molecular complexity index is 377. The summed E-state index contributed by atoms with van der Waals surface area (Å²) in [5.74, 6) is 1.42. The molecular formula is C10H9NO2. The van der Waals surface area contributed by atoms with Crippen molar-refractivity contribution >= 4 is 11.7 Å². The van der Waals surface area contributed by atoms with Crippen LogP contribution in [0.25, 0.3) is 0 Å². The second-order valence-corrected chi connectivity index (χ2v) is 2.50. The van der Waals surface area contributed by atoms with Crippen LogP contribution in [0.2, 0.25) is 0 Å². The molecule has 0 amide bonds. The number of aromatic carboxylic acids is 1. The van der Waals surface area contributed by atoms with Gasteiger partial charge in [-0.3, -0.25) is 0 Å². The molecule has 0 aromatic heterocycles. The van der Waals surface area contributed by atoms with Crippen molar-refractivity contribution in [1.82, 2.24) is 0 Å². The van der Waals surface area contributed by atoms with Crippen LogP contribution in [-0.4, -0.2) is 18.1 Å². The first-order valence-corrected chi connectivity index (χ1v) is 3.70. The van der Waals surface area contributed by atoms with Gasteiger partial charge in [-0.25, -0.2) is 4.79 Å². The first kappa shape index (κ1) is 9.14. The zero-order valence-corrected chi connectivity index (χ0v) is 7.16. The molecule has 0 aliphatic rings. The molecule has 0 spiro atoms. The summed E-state index contributed by atoms with van der Waals surface area (Å²) in [6.45, 7) is 0. The largest absolute Gasteiger partial charge is 0.478 e. The minimum absolute atomic E-state index is 0.194. The standard InChI is InChI=1S/C10H9NO2/c1-3-7-4-8(10(12)13)6-9(5-7)11-2/h1,4-6,11H,2H3,(H,12,13). The molecule has 3 nitrogen and oxygen atoms in total. The summed E-state index contributed by atoms with van der Waals surface area (Å²) < 4.78 is 0. The van der Waals surface area contributed by atoms with Gasteiger partial charge in [-0.05, 0) is 18.2 Å². The molecule has 0 aliphatic carbocycles. The zero-order valence-electron chi connectivity index (χ0n) is 7.16. The third-order valence-electron chi connectivity index (χ3n) is 1.64. The van der Waals surface area contributed by atoms with Crippen LogP contribution in [0.5, 0.6) is 0 Å². The molecule has 1 aromatic rings. The van der Waals surface area contributed by atoms with Gasteiger partial charge in [0.2, 0.25) is 0 Å². The molecule has 1 aromatic carbocycles. The van der Waals surface area contributed by atoms with Crippen molar-refractivity contribution < 1.29 is 9.90 Å². The number of hydrogen-bond donors (Lipinski definition) is 2. The van der Waals surface area contributed by atoms with Gasteiger partial charge in [-0.2, -0.15) is 0 Å². The molecule has 0 fully saturated rings. The molecule has 0 heterocycles. The van der Waals surface area contributed by atoms with Crippen LogP contribution < -0.4 is 5.32 Å². The van der Waals surface area contributed by atoms with E-state index in [9.17, 15) is 4.79 Å². The number of nitrogens with one attached hydrogen (secondary N) is 1. The Balaban J connectivity index is 3.24. The molecule has 1 rings (SSSR count). The van der Waals surface area contributed by atoms with Gasteiger partial charge >= 0.3 is 5.97 Å². The molecule has 0 radical (unpaired) electrons. The average molecular weight is 175 g/mol. The Morgan fingerprint density at radius 3 is 2.69 bits per heavy atom. The lowest BCUT2D eigenvalue weighted by Crippen LogP contribution is -1.99. The zero-order chi connectivity index (χ0) is 9.84. The first-order valence-electron chi connectivity index (χ1n) is 3.70. The molecule has 0 saturated carbocycles. The van der Waals surface area contributed by atoms with Crippen LogP contribution in [0.4, 0.5) is 5.69 Å². The average Bonchev–Trinajstić information content (AvgIpc) is 2.16. The first-order chi connectivity index (χ1) is 6.17. The lowest BCUT2D eigenvalue weighted by molar-refractivity contribution is 0.0697. The maximum absolute atomic E-state index is 10.6. The fourth-order valence-electron chi connectivity index (χ4n) is 0.979. The van der Waals surface area contributed by atoms with Crippen LogP contribution in [0.3, 0.4) is 0 Å². The number of anilines is 1. The molecule has 0 bridgehead atoms. The number of benzene rings is 1. The monoisotopic (exact) mass is 175 g/mol. The van der Waals surface area contributed by atoms with Gasteiger partial charge in [0.1, 0.15) is 0 Å². The predicted octanol–water partition coefficient (Wildman–Crippen LogP) is 1.41. The van der Waals surface area contributed by atoms with E-state index in [0.717, 1.165) is 0 Å². The van der Waals surface area contributed by atoms with Gasteiger partial charge in [-0.1, -0.05) is 5.92 Å². The third-order valence-corrected chi connectivity index (χ3v) is 1.64. The molecule has 0 unspecified atom stereocenters. The maximum atomic E-state index is 10.6. The van der Waals surface area contributed by atoms with Gasteiger partial charge in [0, 0.05) is 18.3 Å². The lowest BCUT2D eigenvalue weighted by Gasteiger charge is -2.02. The Morgan fingerprint density at radius 1 is 1.54 bits per heavy atom. The Hall–Kier alpha value is -1.95. The van der Waals surface area contributed by atoms with Gasteiger partial charge in [0.25, 0.3) is 0 Å². The van der Waals surface area contributed by atoms with E-state index in [4.69, 9.17) is 11.5 Å². The van der Waals surface area contributed by atoms with E-state index in [2.05, 4.69) is 11.2 Å². The fourth-order valence-corrected chi connectivity index (χ4v) is 0.979.